The molecule has 2 N–H and O–H groups in total. The van der Waals surface area contributed by atoms with Crippen molar-refractivity contribution in [2.24, 2.45) is 11.7 Å². The van der Waals surface area contributed by atoms with E-state index in [0.29, 0.717) is 23.1 Å². The molecule has 1 atom stereocenters. The number of para-hydroxylation sites is 1. The zero-order chi connectivity index (χ0) is 27.4. The van der Waals surface area contributed by atoms with Gasteiger partial charge in [0.1, 0.15) is 28.7 Å². The smallest absolute Gasteiger partial charge is 0.267 e. The van der Waals surface area contributed by atoms with Crippen LogP contribution in [0.4, 0.5) is 0 Å². The third-order valence-corrected chi connectivity index (χ3v) is 7.72. The van der Waals surface area contributed by atoms with E-state index in [9.17, 15) is 9.59 Å². The number of rotatable bonds is 8. The third kappa shape index (κ3) is 6.06. The van der Waals surface area contributed by atoms with Crippen LogP contribution in [-0.2, 0) is 11.3 Å². The quantitative estimate of drug-likeness (QED) is 0.430. The lowest BCUT2D eigenvalue weighted by atomic mass is 9.79. The second kappa shape index (κ2) is 11.9. The number of fused-ring (bicyclic) bond motifs is 1. The maximum absolute atomic E-state index is 12.6. The number of imidazole rings is 1. The summed E-state index contributed by atoms with van der Waals surface area (Å²) in [5, 5.41) is 0. The molecule has 0 radical (unpaired) electrons. The van der Waals surface area contributed by atoms with E-state index in [2.05, 4.69) is 0 Å². The van der Waals surface area contributed by atoms with Gasteiger partial charge in [0.2, 0.25) is 5.91 Å². The molecule has 0 saturated carbocycles. The van der Waals surface area contributed by atoms with Crippen molar-refractivity contribution in [2.75, 3.05) is 33.7 Å². The second-order valence-electron chi connectivity index (χ2n) is 10.7. The Balaban J connectivity index is 1.33. The van der Waals surface area contributed by atoms with Crippen molar-refractivity contribution in [1.29, 1.82) is 0 Å². The van der Waals surface area contributed by atoms with Gasteiger partial charge < -0.3 is 24.8 Å². The Bertz CT molecular complexity index is 1320. The second-order valence-corrected chi connectivity index (χ2v) is 10.7. The fraction of sp³-hybridized carbons (Fsp3) is 0.387. The number of nitrogens with two attached hydrogens (primary N) is 1. The minimum absolute atomic E-state index is 0.0819. The van der Waals surface area contributed by atoms with Gasteiger partial charge in [0, 0.05) is 43.7 Å². The van der Waals surface area contributed by atoms with Crippen molar-refractivity contribution in [3.63, 3.8) is 0 Å². The molecule has 0 spiro atoms. The number of likely N-dealkylation sites (N-methyl/N-ethyl adjacent to an activating group) is 1. The molecular formula is C31H37N5O3. The molecule has 2 aliphatic heterocycles. The van der Waals surface area contributed by atoms with Crippen LogP contribution < -0.4 is 10.5 Å². The summed E-state index contributed by atoms with van der Waals surface area (Å²) in [7, 11) is 3.97. The van der Waals surface area contributed by atoms with E-state index in [1.54, 1.807) is 6.08 Å². The van der Waals surface area contributed by atoms with Gasteiger partial charge in [-0.15, -0.1) is 0 Å². The van der Waals surface area contributed by atoms with E-state index in [1.165, 1.54) is 0 Å². The Morgan fingerprint density at radius 1 is 1.00 bits per heavy atom. The normalized spacial score (nSPS) is 17.9. The fourth-order valence-electron chi connectivity index (χ4n) is 5.77. The lowest BCUT2D eigenvalue weighted by Crippen LogP contribution is -2.40. The van der Waals surface area contributed by atoms with Crippen molar-refractivity contribution >= 4 is 11.8 Å². The van der Waals surface area contributed by atoms with Crippen molar-refractivity contribution < 1.29 is 14.3 Å². The van der Waals surface area contributed by atoms with Crippen LogP contribution in [0.1, 0.15) is 47.9 Å². The zero-order valence-electron chi connectivity index (χ0n) is 22.8. The van der Waals surface area contributed by atoms with Gasteiger partial charge >= 0.3 is 0 Å². The highest BCUT2D eigenvalue weighted by Gasteiger charge is 2.36. The standard InChI is InChI=1S/C31H37N5O3/c1-34(2)18-7-11-27(37)35-20-16-22(17-21-35)26-10-6-19-36-29(30(32)38)28(33-31(26)36)23-12-14-25(15-13-23)39-24-8-4-3-5-9-24/h3-5,7-9,11-15,22,26H,6,10,16-21H2,1-2H3,(H2,32,38)/b11-7+. The van der Waals surface area contributed by atoms with Crippen LogP contribution in [-0.4, -0.2) is 64.9 Å². The lowest BCUT2D eigenvalue weighted by molar-refractivity contribution is -0.127. The number of carbonyl (C=O) groups excluding carboxylic acids is 2. The van der Waals surface area contributed by atoms with Crippen molar-refractivity contribution in [3.8, 4) is 22.8 Å². The molecule has 5 rings (SSSR count). The number of hydrogen-bond donors (Lipinski definition) is 1. The first kappa shape index (κ1) is 26.7. The summed E-state index contributed by atoms with van der Waals surface area (Å²) < 4.78 is 7.97. The molecular weight excluding hydrogens is 490 g/mol. The maximum Gasteiger partial charge on any atom is 0.267 e. The Labute approximate surface area is 230 Å². The average molecular weight is 528 g/mol. The summed E-state index contributed by atoms with van der Waals surface area (Å²) >= 11 is 0. The Hall–Kier alpha value is -3.91. The summed E-state index contributed by atoms with van der Waals surface area (Å²) in [5.41, 5.74) is 7.86. The van der Waals surface area contributed by atoms with Gasteiger partial charge in [-0.1, -0.05) is 24.3 Å². The van der Waals surface area contributed by atoms with Gasteiger partial charge in [-0.05, 0) is 82.1 Å². The topological polar surface area (TPSA) is 93.7 Å². The number of benzene rings is 2. The van der Waals surface area contributed by atoms with E-state index in [0.717, 1.165) is 69.0 Å². The molecule has 1 aromatic heterocycles. The molecule has 3 heterocycles. The highest BCUT2D eigenvalue weighted by atomic mass is 16.5. The molecule has 8 heteroatoms. The first-order valence-electron chi connectivity index (χ1n) is 13.7. The number of nitrogens with zero attached hydrogens (tertiary/aromatic N) is 4. The van der Waals surface area contributed by atoms with Gasteiger partial charge in [0.15, 0.2) is 0 Å². The SMILES string of the molecule is CN(C)C/C=C/C(=O)N1CCC(C2CCCn3c2nc(-c2ccc(Oc4ccccc4)cc2)c3C(N)=O)CC1. The molecule has 1 saturated heterocycles. The number of amides is 2. The van der Waals surface area contributed by atoms with E-state index in [-0.39, 0.29) is 11.8 Å². The molecule has 204 valence electrons. The molecule has 39 heavy (non-hydrogen) atoms. The number of aromatic nitrogens is 2. The predicted octanol–water partition coefficient (Wildman–Crippen LogP) is 4.68. The van der Waals surface area contributed by atoms with Crippen LogP contribution in [0.5, 0.6) is 11.5 Å². The maximum atomic E-state index is 12.6. The Morgan fingerprint density at radius 2 is 1.69 bits per heavy atom. The number of primary amides is 1. The minimum Gasteiger partial charge on any atom is -0.457 e. The highest BCUT2D eigenvalue weighted by molar-refractivity contribution is 5.97. The summed E-state index contributed by atoms with van der Waals surface area (Å²) in [6, 6.07) is 17.3. The summed E-state index contributed by atoms with van der Waals surface area (Å²) in [4.78, 5) is 34.3. The molecule has 2 amide bonds. The van der Waals surface area contributed by atoms with Crippen LogP contribution in [0.15, 0.2) is 66.7 Å². The largest absolute Gasteiger partial charge is 0.457 e. The van der Waals surface area contributed by atoms with Crippen molar-refractivity contribution in [3.05, 3.63) is 78.3 Å². The molecule has 0 aliphatic carbocycles. The van der Waals surface area contributed by atoms with Gasteiger partial charge in [0.05, 0.1) is 0 Å². The molecule has 2 aromatic carbocycles. The molecule has 3 aromatic rings. The predicted molar refractivity (Wildman–Crippen MR) is 152 cm³/mol. The summed E-state index contributed by atoms with van der Waals surface area (Å²) in [6.45, 7) is 2.97. The number of carbonyl (C=O) groups is 2. The van der Waals surface area contributed by atoms with E-state index >= 15 is 0 Å². The summed E-state index contributed by atoms with van der Waals surface area (Å²) in [6.07, 6.45) is 7.47. The van der Waals surface area contributed by atoms with E-state index < -0.39 is 5.91 Å². The lowest BCUT2D eigenvalue weighted by Gasteiger charge is -2.37. The monoisotopic (exact) mass is 527 g/mol. The van der Waals surface area contributed by atoms with E-state index in [4.69, 9.17) is 15.5 Å². The number of piperidine rings is 1. The van der Waals surface area contributed by atoms with Gasteiger partial charge in [-0.2, -0.15) is 0 Å². The third-order valence-electron chi connectivity index (χ3n) is 7.72. The minimum atomic E-state index is -0.459. The fourth-order valence-corrected chi connectivity index (χ4v) is 5.77. The van der Waals surface area contributed by atoms with Gasteiger partial charge in [-0.25, -0.2) is 4.98 Å². The number of hydrogen-bond acceptors (Lipinski definition) is 5. The molecule has 2 aliphatic rings. The van der Waals surface area contributed by atoms with Crippen molar-refractivity contribution in [2.45, 2.75) is 38.1 Å². The first-order valence-corrected chi connectivity index (χ1v) is 13.7. The molecule has 8 nitrogen and oxygen atoms in total. The van der Waals surface area contributed by atoms with Gasteiger partial charge in [0.25, 0.3) is 5.91 Å². The Morgan fingerprint density at radius 3 is 2.36 bits per heavy atom. The number of likely N-dealkylation sites (tertiary alicyclic amines) is 1. The Kier molecular flexibility index (Phi) is 8.12. The van der Waals surface area contributed by atoms with E-state index in [1.807, 2.05) is 89.1 Å². The van der Waals surface area contributed by atoms with Crippen LogP contribution in [0.3, 0.4) is 0 Å². The average Bonchev–Trinajstić information content (AvgIpc) is 3.34. The van der Waals surface area contributed by atoms with Crippen LogP contribution in [0.25, 0.3) is 11.3 Å². The molecule has 0 bridgehead atoms. The molecule has 1 fully saturated rings. The van der Waals surface area contributed by atoms with Crippen LogP contribution in [0.2, 0.25) is 0 Å². The first-order chi connectivity index (χ1) is 18.9. The van der Waals surface area contributed by atoms with Gasteiger partial charge in [-0.3, -0.25) is 9.59 Å². The highest BCUT2D eigenvalue weighted by Crippen LogP contribution is 2.41. The van der Waals surface area contributed by atoms with Crippen LogP contribution >= 0.6 is 0 Å². The summed E-state index contributed by atoms with van der Waals surface area (Å²) in [5.74, 6) is 2.71. The molecule has 1 unspecified atom stereocenters. The van der Waals surface area contributed by atoms with Crippen LogP contribution in [0, 0.1) is 5.92 Å². The van der Waals surface area contributed by atoms with Crippen molar-refractivity contribution in [1.82, 2.24) is 19.4 Å². The zero-order valence-corrected chi connectivity index (χ0v) is 22.8. The number of ether oxygens (including phenoxy) is 1.